The van der Waals surface area contributed by atoms with Crippen molar-refractivity contribution in [2.24, 2.45) is 0 Å². The second-order valence-corrected chi connectivity index (χ2v) is 2.19. The van der Waals surface area contributed by atoms with Gasteiger partial charge in [0, 0.05) is 5.02 Å². The maximum Gasteiger partial charge on any atom is 0.0406 e. The fraction of sp³-hybridized carbons (Fsp3) is 0.111. The molecule has 0 N–H and O–H groups in total. The molecule has 0 nitrogen and oxygen atoms in total. The monoisotopic (exact) mass is 186 g/mol. The highest BCUT2D eigenvalue weighted by Gasteiger charge is 1.84. The van der Waals surface area contributed by atoms with E-state index >= 15 is 0 Å². The number of hydrogen-bond acceptors (Lipinski definition) is 0. The summed E-state index contributed by atoms with van der Waals surface area (Å²) in [5.41, 5.74) is 1.10. The minimum atomic E-state index is 0.764. The molecule has 1 rings (SSSR count). The summed E-state index contributed by atoms with van der Waals surface area (Å²) >= 11 is 5.63. The van der Waals surface area contributed by atoms with Gasteiger partial charge < -0.3 is 0 Å². The van der Waals surface area contributed by atoms with E-state index in [0.717, 1.165) is 10.6 Å². The molecule has 0 bridgehead atoms. The van der Waals surface area contributed by atoms with Gasteiger partial charge in [-0.05, 0) is 17.7 Å². The summed E-state index contributed by atoms with van der Waals surface area (Å²) in [6.07, 6.45) is 1.79. The van der Waals surface area contributed by atoms with E-state index in [2.05, 4.69) is 15.8 Å². The van der Waals surface area contributed by atoms with Crippen molar-refractivity contribution < 1.29 is 0 Å². The molecule has 1 atom stereocenters. The molecule has 60 valence electrons. The Bertz CT molecular complexity index is 203. The van der Waals surface area contributed by atoms with Crippen LogP contribution in [-0.2, 0) is 0 Å². The Hall–Kier alpha value is -0.320. The first-order valence-electron chi connectivity index (χ1n) is 3.28. The number of halogens is 1. The minimum Gasteiger partial charge on any atom is -0.141 e. The average molecular weight is 187 g/mol. The van der Waals surface area contributed by atoms with Gasteiger partial charge in [0.05, 0.1) is 0 Å². The third-order valence-corrected chi connectivity index (χ3v) is 1.36. The van der Waals surface area contributed by atoms with Gasteiger partial charge in [-0.25, -0.2) is 0 Å². The SMILES string of the molecule is C=Cc1ccc(Cl)cc1.CP. The van der Waals surface area contributed by atoms with E-state index in [1.807, 2.05) is 30.9 Å². The first-order chi connectivity index (χ1) is 5.33. The molecule has 2 heteroatoms. The highest BCUT2D eigenvalue weighted by Crippen LogP contribution is 2.09. The molecule has 1 unspecified atom stereocenters. The molecular formula is C9H12ClP. The van der Waals surface area contributed by atoms with Gasteiger partial charge in [-0.15, -0.1) is 9.24 Å². The van der Waals surface area contributed by atoms with Crippen LogP contribution in [0.25, 0.3) is 6.08 Å². The van der Waals surface area contributed by atoms with E-state index in [1.54, 1.807) is 6.08 Å². The quantitative estimate of drug-likeness (QED) is 0.589. The third kappa shape index (κ3) is 4.19. The van der Waals surface area contributed by atoms with Gasteiger partial charge in [-0.3, -0.25) is 0 Å². The number of hydrogen-bond donors (Lipinski definition) is 0. The highest BCUT2D eigenvalue weighted by atomic mass is 35.5. The summed E-state index contributed by atoms with van der Waals surface area (Å²) in [6, 6.07) is 7.54. The van der Waals surface area contributed by atoms with Gasteiger partial charge in [0.2, 0.25) is 0 Å². The lowest BCUT2D eigenvalue weighted by Crippen LogP contribution is -1.67. The summed E-state index contributed by atoms with van der Waals surface area (Å²) in [5.74, 6) is 0. The molecule has 1 aromatic rings. The molecule has 0 saturated carbocycles. The van der Waals surface area contributed by atoms with Gasteiger partial charge in [0.15, 0.2) is 0 Å². The van der Waals surface area contributed by atoms with Crippen LogP contribution >= 0.6 is 20.8 Å². The van der Waals surface area contributed by atoms with Gasteiger partial charge in [0.1, 0.15) is 0 Å². The van der Waals surface area contributed by atoms with Crippen LogP contribution in [0.4, 0.5) is 0 Å². The largest absolute Gasteiger partial charge is 0.141 e. The van der Waals surface area contributed by atoms with Crippen molar-refractivity contribution in [1.82, 2.24) is 0 Å². The van der Waals surface area contributed by atoms with E-state index in [1.165, 1.54) is 0 Å². The Balaban J connectivity index is 0.000000461. The molecule has 0 aromatic heterocycles. The van der Waals surface area contributed by atoms with E-state index in [9.17, 15) is 0 Å². The van der Waals surface area contributed by atoms with Gasteiger partial charge in [-0.1, -0.05) is 43.1 Å². The molecule has 0 amide bonds. The van der Waals surface area contributed by atoms with Crippen LogP contribution in [0, 0.1) is 0 Å². The predicted octanol–water partition coefficient (Wildman–Crippen LogP) is 3.47. The Morgan fingerprint density at radius 3 is 2.09 bits per heavy atom. The Labute approximate surface area is 75.5 Å². The first-order valence-corrected chi connectivity index (χ1v) is 4.82. The average Bonchev–Trinajstić information content (AvgIpc) is 2.10. The zero-order chi connectivity index (χ0) is 8.69. The van der Waals surface area contributed by atoms with Crippen molar-refractivity contribution in [2.45, 2.75) is 0 Å². The van der Waals surface area contributed by atoms with Crippen LogP contribution in [0.1, 0.15) is 5.56 Å². The lowest BCUT2D eigenvalue weighted by molar-refractivity contribution is 1.66. The summed E-state index contributed by atoms with van der Waals surface area (Å²) in [4.78, 5) is 0. The zero-order valence-corrected chi connectivity index (χ0v) is 8.46. The molecule has 11 heavy (non-hydrogen) atoms. The maximum absolute atomic E-state index is 5.63. The second kappa shape index (κ2) is 6.39. The Kier molecular flexibility index (Phi) is 6.21. The Morgan fingerprint density at radius 1 is 1.27 bits per heavy atom. The topological polar surface area (TPSA) is 0 Å². The minimum absolute atomic E-state index is 0.764. The van der Waals surface area contributed by atoms with E-state index in [-0.39, 0.29) is 0 Å². The fourth-order valence-electron chi connectivity index (χ4n) is 0.599. The highest BCUT2D eigenvalue weighted by molar-refractivity contribution is 7.15. The van der Waals surface area contributed by atoms with Crippen molar-refractivity contribution in [1.29, 1.82) is 0 Å². The lowest BCUT2D eigenvalue weighted by atomic mass is 10.2. The van der Waals surface area contributed by atoms with Crippen LogP contribution < -0.4 is 0 Å². The van der Waals surface area contributed by atoms with E-state index in [4.69, 9.17) is 11.6 Å². The van der Waals surface area contributed by atoms with E-state index in [0.29, 0.717) is 0 Å². The van der Waals surface area contributed by atoms with Crippen molar-refractivity contribution in [3.05, 3.63) is 41.4 Å². The molecule has 0 radical (unpaired) electrons. The second-order valence-electron chi connectivity index (χ2n) is 1.76. The normalized spacial score (nSPS) is 7.91. The summed E-state index contributed by atoms with van der Waals surface area (Å²) < 4.78 is 0. The van der Waals surface area contributed by atoms with Crippen molar-refractivity contribution in [3.63, 3.8) is 0 Å². The molecule has 0 aliphatic rings. The lowest BCUT2D eigenvalue weighted by Gasteiger charge is -1.89. The molecular weight excluding hydrogens is 175 g/mol. The van der Waals surface area contributed by atoms with Crippen molar-refractivity contribution in [2.75, 3.05) is 6.66 Å². The molecule has 1 aromatic carbocycles. The van der Waals surface area contributed by atoms with Crippen LogP contribution in [-0.4, -0.2) is 6.66 Å². The zero-order valence-electron chi connectivity index (χ0n) is 6.55. The maximum atomic E-state index is 5.63. The van der Waals surface area contributed by atoms with Gasteiger partial charge >= 0.3 is 0 Å². The predicted molar refractivity (Wildman–Crippen MR) is 57.2 cm³/mol. The standard InChI is InChI=1S/C8H7Cl.CH5P/c1-2-7-3-5-8(9)6-4-7;1-2/h2-6H,1H2;2H2,1H3. The summed E-state index contributed by atoms with van der Waals surface area (Å²) in [5, 5.41) is 0.764. The van der Waals surface area contributed by atoms with Crippen molar-refractivity contribution >= 4 is 26.9 Å². The summed E-state index contributed by atoms with van der Waals surface area (Å²) in [6.45, 7) is 5.53. The fourth-order valence-corrected chi connectivity index (χ4v) is 0.725. The van der Waals surface area contributed by atoms with Crippen LogP contribution in [0.5, 0.6) is 0 Å². The van der Waals surface area contributed by atoms with E-state index < -0.39 is 0 Å². The summed E-state index contributed by atoms with van der Waals surface area (Å²) in [7, 11) is 2.42. The van der Waals surface area contributed by atoms with Crippen LogP contribution in [0.15, 0.2) is 30.8 Å². The molecule has 0 aliphatic carbocycles. The molecule has 0 aliphatic heterocycles. The first kappa shape index (κ1) is 10.7. The molecule has 0 saturated heterocycles. The molecule has 0 spiro atoms. The van der Waals surface area contributed by atoms with Gasteiger partial charge in [-0.2, -0.15) is 0 Å². The van der Waals surface area contributed by atoms with Crippen LogP contribution in [0.3, 0.4) is 0 Å². The number of rotatable bonds is 1. The molecule has 0 heterocycles. The number of benzene rings is 1. The van der Waals surface area contributed by atoms with Gasteiger partial charge in [0.25, 0.3) is 0 Å². The Morgan fingerprint density at radius 2 is 1.73 bits per heavy atom. The molecule has 0 fully saturated rings. The third-order valence-electron chi connectivity index (χ3n) is 1.11. The smallest absolute Gasteiger partial charge is 0.0406 e. The van der Waals surface area contributed by atoms with Crippen molar-refractivity contribution in [3.8, 4) is 0 Å². The van der Waals surface area contributed by atoms with Crippen LogP contribution in [0.2, 0.25) is 5.02 Å².